The summed E-state index contributed by atoms with van der Waals surface area (Å²) in [5.74, 6) is 0.587. The van der Waals surface area contributed by atoms with Gasteiger partial charge in [-0.1, -0.05) is 6.08 Å². The Morgan fingerprint density at radius 2 is 2.00 bits per heavy atom. The summed E-state index contributed by atoms with van der Waals surface area (Å²) in [6.45, 7) is 1.82. The largest absolute Gasteiger partial charge is 0.465 e. The number of benzene rings is 1. The van der Waals surface area contributed by atoms with Crippen molar-refractivity contribution in [3.05, 3.63) is 46.7 Å². The van der Waals surface area contributed by atoms with Crippen LogP contribution >= 0.6 is 0 Å². The first-order chi connectivity index (χ1) is 6.24. The predicted molar refractivity (Wildman–Crippen MR) is 48.5 cm³/mol. The van der Waals surface area contributed by atoms with Crippen LogP contribution in [0, 0.1) is 10.1 Å². The second kappa shape index (κ2) is 4.25. The van der Waals surface area contributed by atoms with Crippen molar-refractivity contribution >= 4 is 5.69 Å². The van der Waals surface area contributed by atoms with Crippen molar-refractivity contribution in [3.8, 4) is 5.75 Å². The number of nitrogens with zero attached hydrogens (tertiary/aromatic N) is 1. The average molecular weight is 179 g/mol. The molecule has 0 spiro atoms. The highest BCUT2D eigenvalue weighted by Crippen LogP contribution is 2.17. The van der Waals surface area contributed by atoms with Gasteiger partial charge >= 0.3 is 0 Å². The first-order valence-electron chi connectivity index (χ1n) is 3.76. The van der Waals surface area contributed by atoms with Crippen LogP contribution in [0.1, 0.15) is 6.92 Å². The molecular formula is C9H9NO3. The number of non-ortho nitro benzene ring substituents is 1. The molecule has 0 atom stereocenters. The second-order valence-corrected chi connectivity index (χ2v) is 2.34. The van der Waals surface area contributed by atoms with Crippen molar-refractivity contribution in [3.63, 3.8) is 0 Å². The molecule has 0 bridgehead atoms. The SMILES string of the molecule is CC=COc1ccc([N+](=O)[O-])cc1. The summed E-state index contributed by atoms with van der Waals surface area (Å²) in [5, 5.41) is 10.3. The number of hydrogen-bond acceptors (Lipinski definition) is 3. The van der Waals surface area contributed by atoms with Crippen LogP contribution in [0.4, 0.5) is 5.69 Å². The third kappa shape index (κ3) is 2.59. The minimum Gasteiger partial charge on any atom is -0.465 e. The van der Waals surface area contributed by atoms with Crippen molar-refractivity contribution in [2.45, 2.75) is 6.92 Å². The van der Waals surface area contributed by atoms with E-state index in [1.54, 1.807) is 18.2 Å². The van der Waals surface area contributed by atoms with Gasteiger partial charge in [-0.05, 0) is 19.1 Å². The van der Waals surface area contributed by atoms with E-state index in [1.165, 1.54) is 18.4 Å². The first kappa shape index (κ1) is 9.25. The fourth-order valence-corrected chi connectivity index (χ4v) is 0.793. The van der Waals surface area contributed by atoms with Gasteiger partial charge in [0.1, 0.15) is 5.75 Å². The summed E-state index contributed by atoms with van der Waals surface area (Å²) in [6, 6.07) is 5.91. The molecular weight excluding hydrogens is 170 g/mol. The molecule has 0 unspecified atom stereocenters. The van der Waals surface area contributed by atoms with Gasteiger partial charge in [0.2, 0.25) is 0 Å². The number of ether oxygens (including phenoxy) is 1. The van der Waals surface area contributed by atoms with Crippen LogP contribution in [0.15, 0.2) is 36.6 Å². The Balaban J connectivity index is 2.75. The molecule has 0 saturated heterocycles. The van der Waals surface area contributed by atoms with Gasteiger partial charge in [0.05, 0.1) is 11.2 Å². The van der Waals surface area contributed by atoms with E-state index in [1.807, 2.05) is 6.92 Å². The monoisotopic (exact) mass is 179 g/mol. The van der Waals surface area contributed by atoms with Crippen LogP contribution in [0.2, 0.25) is 0 Å². The van der Waals surface area contributed by atoms with Gasteiger partial charge in [-0.15, -0.1) is 0 Å². The summed E-state index contributed by atoms with van der Waals surface area (Å²) in [4.78, 5) is 9.83. The van der Waals surface area contributed by atoms with Crippen molar-refractivity contribution in [1.82, 2.24) is 0 Å². The zero-order chi connectivity index (χ0) is 9.68. The smallest absolute Gasteiger partial charge is 0.269 e. The summed E-state index contributed by atoms with van der Waals surface area (Å²) in [7, 11) is 0. The van der Waals surface area contributed by atoms with Crippen LogP contribution in [0.3, 0.4) is 0 Å². The maximum atomic E-state index is 10.3. The molecule has 0 saturated carbocycles. The lowest BCUT2D eigenvalue weighted by molar-refractivity contribution is -0.384. The molecule has 0 fully saturated rings. The molecule has 0 radical (unpaired) electrons. The molecule has 1 aromatic carbocycles. The molecule has 0 aliphatic rings. The first-order valence-corrected chi connectivity index (χ1v) is 3.76. The second-order valence-electron chi connectivity index (χ2n) is 2.34. The third-order valence-electron chi connectivity index (χ3n) is 1.39. The van der Waals surface area contributed by atoms with E-state index in [2.05, 4.69) is 0 Å². The Bertz CT molecular complexity index is 316. The molecule has 1 aromatic rings. The van der Waals surface area contributed by atoms with E-state index in [4.69, 9.17) is 4.74 Å². The van der Waals surface area contributed by atoms with Gasteiger partial charge in [-0.3, -0.25) is 10.1 Å². The van der Waals surface area contributed by atoms with E-state index in [9.17, 15) is 10.1 Å². The van der Waals surface area contributed by atoms with Crippen LogP contribution in [-0.4, -0.2) is 4.92 Å². The third-order valence-corrected chi connectivity index (χ3v) is 1.39. The van der Waals surface area contributed by atoms with Gasteiger partial charge in [0.15, 0.2) is 0 Å². The summed E-state index contributed by atoms with van der Waals surface area (Å²) < 4.78 is 5.09. The number of nitro benzene ring substituents is 1. The fraction of sp³-hybridized carbons (Fsp3) is 0.111. The molecule has 4 nitrogen and oxygen atoms in total. The van der Waals surface area contributed by atoms with Crippen molar-refractivity contribution < 1.29 is 9.66 Å². The number of hydrogen-bond donors (Lipinski definition) is 0. The maximum Gasteiger partial charge on any atom is 0.269 e. The Labute approximate surface area is 75.6 Å². The normalized spacial score (nSPS) is 10.2. The molecule has 1 rings (SSSR count). The summed E-state index contributed by atoms with van der Waals surface area (Å²) >= 11 is 0. The lowest BCUT2D eigenvalue weighted by atomic mass is 10.3. The Kier molecular flexibility index (Phi) is 3.03. The zero-order valence-electron chi connectivity index (χ0n) is 7.14. The Morgan fingerprint density at radius 1 is 1.38 bits per heavy atom. The van der Waals surface area contributed by atoms with E-state index in [0.717, 1.165) is 0 Å². The topological polar surface area (TPSA) is 52.4 Å². The van der Waals surface area contributed by atoms with Gasteiger partial charge in [0.25, 0.3) is 5.69 Å². The van der Waals surface area contributed by atoms with Crippen LogP contribution in [0.5, 0.6) is 5.75 Å². The van der Waals surface area contributed by atoms with Crippen LogP contribution in [-0.2, 0) is 0 Å². The fourth-order valence-electron chi connectivity index (χ4n) is 0.793. The standard InChI is InChI=1S/C9H9NO3/c1-2-7-13-9-5-3-8(4-6-9)10(11)12/h2-7H,1H3. The zero-order valence-corrected chi connectivity index (χ0v) is 7.14. The molecule has 0 aliphatic carbocycles. The summed E-state index contributed by atoms with van der Waals surface area (Å²) in [6.07, 6.45) is 3.25. The van der Waals surface area contributed by atoms with Crippen molar-refractivity contribution in [1.29, 1.82) is 0 Å². The molecule has 0 heterocycles. The number of rotatable bonds is 3. The Morgan fingerprint density at radius 3 is 2.46 bits per heavy atom. The van der Waals surface area contributed by atoms with Gasteiger partial charge < -0.3 is 4.74 Å². The number of nitro groups is 1. The highest BCUT2D eigenvalue weighted by atomic mass is 16.6. The van der Waals surface area contributed by atoms with E-state index >= 15 is 0 Å². The van der Waals surface area contributed by atoms with E-state index < -0.39 is 4.92 Å². The van der Waals surface area contributed by atoms with Crippen LogP contribution in [0.25, 0.3) is 0 Å². The molecule has 0 amide bonds. The molecule has 0 N–H and O–H groups in total. The van der Waals surface area contributed by atoms with Gasteiger partial charge in [-0.2, -0.15) is 0 Å². The molecule has 4 heteroatoms. The minimum atomic E-state index is -0.445. The summed E-state index contributed by atoms with van der Waals surface area (Å²) in [5.41, 5.74) is 0.0628. The highest BCUT2D eigenvalue weighted by molar-refractivity contribution is 5.36. The van der Waals surface area contributed by atoms with Crippen molar-refractivity contribution in [2.24, 2.45) is 0 Å². The minimum absolute atomic E-state index is 0.0628. The predicted octanol–water partition coefficient (Wildman–Crippen LogP) is 2.51. The van der Waals surface area contributed by atoms with Crippen molar-refractivity contribution in [2.75, 3.05) is 0 Å². The molecule has 0 aromatic heterocycles. The molecule has 13 heavy (non-hydrogen) atoms. The lowest BCUT2D eigenvalue weighted by Gasteiger charge is -1.97. The van der Waals surface area contributed by atoms with E-state index in [0.29, 0.717) is 5.75 Å². The van der Waals surface area contributed by atoms with Gasteiger partial charge in [0, 0.05) is 12.1 Å². The maximum absolute atomic E-state index is 10.3. The average Bonchev–Trinajstić information content (AvgIpc) is 2.15. The van der Waals surface area contributed by atoms with E-state index in [-0.39, 0.29) is 5.69 Å². The highest BCUT2D eigenvalue weighted by Gasteiger charge is 2.02. The Hall–Kier alpha value is -1.84. The quantitative estimate of drug-likeness (QED) is 0.407. The molecule has 68 valence electrons. The lowest BCUT2D eigenvalue weighted by Crippen LogP contribution is -1.87. The molecule has 0 aliphatic heterocycles. The van der Waals surface area contributed by atoms with Gasteiger partial charge in [-0.25, -0.2) is 0 Å². The van der Waals surface area contributed by atoms with Crippen LogP contribution < -0.4 is 4.74 Å². The number of allylic oxidation sites excluding steroid dienone is 1.